The first-order chi connectivity index (χ1) is 19.4. The molecule has 4 heterocycles. The fourth-order valence-corrected chi connectivity index (χ4v) is 5.06. The summed E-state index contributed by atoms with van der Waals surface area (Å²) in [6.45, 7) is 4.72. The van der Waals surface area contributed by atoms with Gasteiger partial charge in [-0.1, -0.05) is 0 Å². The van der Waals surface area contributed by atoms with Crippen molar-refractivity contribution in [2.24, 2.45) is 0 Å². The predicted octanol–water partition coefficient (Wildman–Crippen LogP) is 2.92. The molecule has 1 aliphatic carbocycles. The normalized spacial score (nSPS) is 21.9. The molecule has 1 saturated carbocycles. The molecule has 2 aromatic heterocycles. The number of likely N-dealkylation sites (N-methyl/N-ethyl adjacent to an activating group) is 1. The van der Waals surface area contributed by atoms with Gasteiger partial charge in [0.05, 0.1) is 25.0 Å². The van der Waals surface area contributed by atoms with Gasteiger partial charge in [0.15, 0.2) is 5.82 Å². The molecule has 2 aromatic rings. The highest BCUT2D eigenvalue weighted by molar-refractivity contribution is 5.88. The molecule has 3 amide bonds. The lowest BCUT2D eigenvalue weighted by molar-refractivity contribution is 0.0566. The molecule has 40 heavy (non-hydrogen) atoms. The van der Waals surface area contributed by atoms with E-state index in [1.54, 1.807) is 11.0 Å². The Morgan fingerprint density at radius 3 is 2.55 bits per heavy atom. The van der Waals surface area contributed by atoms with Crippen LogP contribution >= 0.6 is 0 Å². The second-order valence-electron chi connectivity index (χ2n) is 10.3. The minimum Gasteiger partial charge on any atom is -0.477 e. The first kappa shape index (κ1) is 27.7. The Balaban J connectivity index is 1.14. The number of aromatic nitrogens is 4. The molecule has 14 heteroatoms. The number of halogens is 1. The average Bonchev–Trinajstić information content (AvgIpc) is 3.80. The SMILES string of the molecule is CCOc1cnc(NC(=O)N(C)[C@H]2CN(c3nccc(NC(=O)OC4CCN(C5CC5)CC4)n3)CC[C@H]2F)cn1. The van der Waals surface area contributed by atoms with Gasteiger partial charge in [0.2, 0.25) is 11.8 Å². The zero-order chi connectivity index (χ0) is 28.1. The molecule has 0 unspecified atom stereocenters. The van der Waals surface area contributed by atoms with Gasteiger partial charge in [-0.05, 0) is 45.1 Å². The fourth-order valence-electron chi connectivity index (χ4n) is 5.06. The first-order valence-corrected chi connectivity index (χ1v) is 13.8. The number of carbonyl (C=O) groups excluding carboxylic acids is 2. The smallest absolute Gasteiger partial charge is 0.413 e. The quantitative estimate of drug-likeness (QED) is 0.498. The molecule has 2 aliphatic heterocycles. The number of likely N-dealkylation sites (tertiary alicyclic amines) is 1. The summed E-state index contributed by atoms with van der Waals surface area (Å²) >= 11 is 0. The number of nitrogens with one attached hydrogen (secondary N) is 2. The van der Waals surface area contributed by atoms with Crippen LogP contribution in [0.3, 0.4) is 0 Å². The molecule has 13 nitrogen and oxygen atoms in total. The third-order valence-electron chi connectivity index (χ3n) is 7.44. The summed E-state index contributed by atoms with van der Waals surface area (Å²) in [5.74, 6) is 1.20. The lowest BCUT2D eigenvalue weighted by atomic mass is 10.0. The largest absolute Gasteiger partial charge is 0.477 e. The van der Waals surface area contributed by atoms with Gasteiger partial charge < -0.3 is 24.2 Å². The van der Waals surface area contributed by atoms with Crippen LogP contribution in [-0.4, -0.2) is 106 Å². The minimum atomic E-state index is -1.24. The zero-order valence-corrected chi connectivity index (χ0v) is 22.8. The molecular weight excluding hydrogens is 521 g/mol. The molecule has 2 atom stereocenters. The Morgan fingerprint density at radius 2 is 1.85 bits per heavy atom. The van der Waals surface area contributed by atoms with Crippen LogP contribution < -0.4 is 20.3 Å². The van der Waals surface area contributed by atoms with E-state index in [9.17, 15) is 14.0 Å². The van der Waals surface area contributed by atoms with Gasteiger partial charge in [-0.2, -0.15) is 4.98 Å². The van der Waals surface area contributed by atoms with Gasteiger partial charge in [-0.15, -0.1) is 0 Å². The highest BCUT2D eigenvalue weighted by Crippen LogP contribution is 2.30. The first-order valence-electron chi connectivity index (χ1n) is 13.8. The number of rotatable bonds is 8. The van der Waals surface area contributed by atoms with Crippen molar-refractivity contribution >= 4 is 29.7 Å². The molecule has 5 rings (SSSR count). The number of hydrogen-bond donors (Lipinski definition) is 2. The third kappa shape index (κ3) is 7.03. The van der Waals surface area contributed by atoms with E-state index in [2.05, 4.69) is 35.5 Å². The van der Waals surface area contributed by atoms with Crippen molar-refractivity contribution in [3.05, 3.63) is 24.7 Å². The second kappa shape index (κ2) is 12.6. The van der Waals surface area contributed by atoms with Gasteiger partial charge in [0.1, 0.15) is 18.1 Å². The number of nitrogens with zero attached hydrogens (tertiary/aromatic N) is 7. The summed E-state index contributed by atoms with van der Waals surface area (Å²) in [7, 11) is 1.53. The molecule has 0 radical (unpaired) electrons. The van der Waals surface area contributed by atoms with E-state index >= 15 is 0 Å². The van der Waals surface area contributed by atoms with Crippen molar-refractivity contribution in [2.75, 3.05) is 55.4 Å². The summed E-state index contributed by atoms with van der Waals surface area (Å²) in [5, 5.41) is 5.33. The zero-order valence-electron chi connectivity index (χ0n) is 22.8. The summed E-state index contributed by atoms with van der Waals surface area (Å²) in [6.07, 6.45) is 6.80. The molecule has 2 saturated heterocycles. The molecular formula is C26H36FN9O4. The Labute approximate surface area is 232 Å². The number of alkyl halides is 1. The number of ether oxygens (including phenoxy) is 2. The van der Waals surface area contributed by atoms with Crippen molar-refractivity contribution < 1.29 is 23.5 Å². The monoisotopic (exact) mass is 557 g/mol. The maximum atomic E-state index is 15.0. The summed E-state index contributed by atoms with van der Waals surface area (Å²) in [6, 6.07) is 1.03. The topological polar surface area (TPSA) is 138 Å². The molecule has 216 valence electrons. The highest BCUT2D eigenvalue weighted by Gasteiger charge is 2.36. The second-order valence-corrected chi connectivity index (χ2v) is 10.3. The van der Waals surface area contributed by atoms with Crippen LogP contribution in [0.15, 0.2) is 24.7 Å². The van der Waals surface area contributed by atoms with Crippen LogP contribution in [0.2, 0.25) is 0 Å². The Hall–Kier alpha value is -3.81. The number of carbonyl (C=O) groups is 2. The van der Waals surface area contributed by atoms with Crippen molar-refractivity contribution in [2.45, 2.75) is 63.4 Å². The molecule has 3 aliphatic rings. The number of hydrogen-bond acceptors (Lipinski definition) is 10. The Morgan fingerprint density at radius 1 is 1.05 bits per heavy atom. The molecule has 2 N–H and O–H groups in total. The number of urea groups is 1. The average molecular weight is 558 g/mol. The standard InChI is InChI=1S/C26H36FN9O4/c1-3-39-23-15-29-22(14-30-23)32-25(37)34(2)20-16-36(13-9-19(20)27)24-28-10-6-21(31-24)33-26(38)40-18-7-11-35(12-8-18)17-4-5-17/h6,10,14-15,17-20H,3-5,7-9,11-13,16H2,1-2H3,(H,29,32,37)(H,28,31,33,38)/t19-,20+/m1/s1. The van der Waals surface area contributed by atoms with Gasteiger partial charge in [-0.3, -0.25) is 10.6 Å². The van der Waals surface area contributed by atoms with Crippen molar-refractivity contribution in [3.63, 3.8) is 0 Å². The van der Waals surface area contributed by atoms with Crippen molar-refractivity contribution in [1.29, 1.82) is 0 Å². The third-order valence-corrected chi connectivity index (χ3v) is 7.44. The Bertz CT molecular complexity index is 1160. The van der Waals surface area contributed by atoms with E-state index in [-0.39, 0.29) is 24.9 Å². The van der Waals surface area contributed by atoms with E-state index in [0.29, 0.717) is 30.8 Å². The predicted molar refractivity (Wildman–Crippen MR) is 145 cm³/mol. The van der Waals surface area contributed by atoms with E-state index in [0.717, 1.165) is 32.0 Å². The van der Waals surface area contributed by atoms with Crippen LogP contribution in [0.4, 0.5) is 31.6 Å². The van der Waals surface area contributed by atoms with Gasteiger partial charge >= 0.3 is 12.1 Å². The van der Waals surface area contributed by atoms with E-state index in [1.807, 2.05) is 6.92 Å². The summed E-state index contributed by atoms with van der Waals surface area (Å²) in [4.78, 5) is 47.9. The van der Waals surface area contributed by atoms with E-state index < -0.39 is 24.3 Å². The molecule has 0 bridgehead atoms. The van der Waals surface area contributed by atoms with Gasteiger partial charge in [-0.25, -0.2) is 28.9 Å². The summed E-state index contributed by atoms with van der Waals surface area (Å²) in [5.41, 5.74) is 0. The van der Waals surface area contributed by atoms with Crippen LogP contribution in [-0.2, 0) is 4.74 Å². The summed E-state index contributed by atoms with van der Waals surface area (Å²) < 4.78 is 25.8. The van der Waals surface area contributed by atoms with Crippen molar-refractivity contribution in [3.8, 4) is 5.88 Å². The van der Waals surface area contributed by atoms with Crippen LogP contribution in [0.25, 0.3) is 0 Å². The van der Waals surface area contributed by atoms with E-state index in [4.69, 9.17) is 9.47 Å². The maximum absolute atomic E-state index is 15.0. The molecule has 0 aromatic carbocycles. The molecule has 0 spiro atoms. The minimum absolute atomic E-state index is 0.115. The highest BCUT2D eigenvalue weighted by atomic mass is 19.1. The van der Waals surface area contributed by atoms with Crippen LogP contribution in [0.5, 0.6) is 5.88 Å². The fraction of sp³-hybridized carbons (Fsp3) is 0.615. The number of piperidine rings is 2. The van der Waals surface area contributed by atoms with Gasteiger partial charge in [0, 0.05) is 45.5 Å². The molecule has 3 fully saturated rings. The van der Waals surface area contributed by atoms with Crippen LogP contribution in [0.1, 0.15) is 39.0 Å². The van der Waals surface area contributed by atoms with Crippen molar-refractivity contribution in [1.82, 2.24) is 29.7 Å². The van der Waals surface area contributed by atoms with Crippen LogP contribution in [0, 0.1) is 0 Å². The lowest BCUT2D eigenvalue weighted by Crippen LogP contribution is -2.55. The van der Waals surface area contributed by atoms with E-state index in [1.165, 1.54) is 43.4 Å². The maximum Gasteiger partial charge on any atom is 0.413 e. The Kier molecular flexibility index (Phi) is 8.72. The number of anilines is 3. The lowest BCUT2D eigenvalue weighted by Gasteiger charge is -2.39. The van der Waals surface area contributed by atoms with Gasteiger partial charge in [0.25, 0.3) is 0 Å². The number of amides is 3.